The second-order valence-electron chi connectivity index (χ2n) is 11.4. The van der Waals surface area contributed by atoms with E-state index in [1.807, 2.05) is 78.7 Å². The summed E-state index contributed by atoms with van der Waals surface area (Å²) in [6.07, 6.45) is 0.941. The van der Waals surface area contributed by atoms with E-state index in [1.54, 1.807) is 11.8 Å². The molecule has 1 aromatic heterocycles. The van der Waals surface area contributed by atoms with Crippen molar-refractivity contribution in [3.63, 3.8) is 0 Å². The average Bonchev–Trinajstić information content (AvgIpc) is 3.49. The number of carbonyl (C=O) groups excluding carboxylic acids is 3. The molecule has 2 aliphatic heterocycles. The van der Waals surface area contributed by atoms with E-state index in [-0.39, 0.29) is 17.9 Å². The second-order valence-corrected chi connectivity index (χ2v) is 11.4. The number of hydrogen-bond acceptors (Lipinski definition) is 6. The molecule has 0 spiro atoms. The molecule has 0 unspecified atom stereocenters. The van der Waals surface area contributed by atoms with E-state index < -0.39 is 6.09 Å². The summed E-state index contributed by atoms with van der Waals surface area (Å²) < 4.78 is 5.76. The van der Waals surface area contributed by atoms with Crippen molar-refractivity contribution in [3.05, 3.63) is 78.1 Å². The Labute approximate surface area is 253 Å². The smallest absolute Gasteiger partial charge is 0.411 e. The number of rotatable bonds is 9. The van der Waals surface area contributed by atoms with E-state index in [0.717, 1.165) is 87.7 Å². The van der Waals surface area contributed by atoms with Crippen LogP contribution in [-0.4, -0.2) is 108 Å². The van der Waals surface area contributed by atoms with Crippen LogP contribution in [0.1, 0.15) is 35.9 Å². The lowest BCUT2D eigenvalue weighted by atomic mass is 10.0. The number of nitrogens with zero attached hydrogens (tertiary/aromatic N) is 4. The zero-order valence-electron chi connectivity index (χ0n) is 25.1. The number of nitrogens with one attached hydrogen (secondary N) is 2. The third-order valence-electron chi connectivity index (χ3n) is 8.34. The Kier molecular flexibility index (Phi) is 10.1. The predicted molar refractivity (Wildman–Crippen MR) is 167 cm³/mol. The molecular formula is C33H42N6O4. The number of amides is 3. The number of piperidine rings is 1. The molecule has 3 heterocycles. The van der Waals surface area contributed by atoms with Crippen LogP contribution in [0.15, 0.2) is 66.7 Å². The summed E-state index contributed by atoms with van der Waals surface area (Å²) in [6.45, 7) is 8.48. The van der Waals surface area contributed by atoms with Gasteiger partial charge in [0.05, 0.1) is 5.69 Å². The van der Waals surface area contributed by atoms with E-state index in [1.165, 1.54) is 0 Å². The lowest BCUT2D eigenvalue weighted by Gasteiger charge is -2.33. The monoisotopic (exact) mass is 586 g/mol. The number of likely N-dealkylation sites (N-methyl/N-ethyl adjacent to an activating group) is 1. The van der Waals surface area contributed by atoms with Crippen molar-refractivity contribution >= 4 is 23.6 Å². The zero-order valence-corrected chi connectivity index (χ0v) is 25.1. The summed E-state index contributed by atoms with van der Waals surface area (Å²) >= 11 is 0. The summed E-state index contributed by atoms with van der Waals surface area (Å²) in [6, 6.07) is 21.5. The number of benzene rings is 2. The Balaban J connectivity index is 1.02. The number of hydrogen-bond donors (Lipinski definition) is 2. The fraction of sp³-hybridized carbons (Fsp3) is 0.424. The van der Waals surface area contributed by atoms with Crippen molar-refractivity contribution in [1.29, 1.82) is 0 Å². The van der Waals surface area contributed by atoms with Gasteiger partial charge < -0.3 is 24.4 Å². The van der Waals surface area contributed by atoms with Crippen molar-refractivity contribution in [3.8, 4) is 11.1 Å². The largest absolute Gasteiger partial charge is 0.446 e. The molecule has 2 N–H and O–H groups in total. The first-order valence-electron chi connectivity index (χ1n) is 15.1. The standard InChI is InChI=1S/C33H42N6O4/c1-25(40)39-22-20-38(21-23-39)24-27-12-13-31(34-27)32(41)36(2)18-19-37-16-14-28(15-17-37)43-33(42)35-30-11-7-6-10-29(30)26-8-4-3-5-9-26/h3-13,28,34H,14-24H2,1-2H3,(H,35,42). The van der Waals surface area contributed by atoms with Gasteiger partial charge in [-0.1, -0.05) is 48.5 Å². The molecule has 0 atom stereocenters. The minimum Gasteiger partial charge on any atom is -0.446 e. The molecule has 3 aromatic rings. The number of likely N-dealkylation sites (tertiary alicyclic amines) is 1. The summed E-state index contributed by atoms with van der Waals surface area (Å²) in [7, 11) is 1.83. The zero-order chi connectivity index (χ0) is 30.2. The molecule has 10 nitrogen and oxygen atoms in total. The summed E-state index contributed by atoms with van der Waals surface area (Å²) in [4.78, 5) is 48.8. The summed E-state index contributed by atoms with van der Waals surface area (Å²) in [5.41, 5.74) is 4.31. The van der Waals surface area contributed by atoms with Crippen LogP contribution in [0.5, 0.6) is 0 Å². The molecule has 10 heteroatoms. The fourth-order valence-electron chi connectivity index (χ4n) is 5.72. The second kappa shape index (κ2) is 14.3. The van der Waals surface area contributed by atoms with Gasteiger partial charge in [0.2, 0.25) is 5.91 Å². The van der Waals surface area contributed by atoms with Crippen molar-refractivity contribution in [1.82, 2.24) is 24.6 Å². The number of H-pyrrole nitrogens is 1. The normalized spacial score (nSPS) is 16.6. The number of aromatic nitrogens is 1. The van der Waals surface area contributed by atoms with Crippen LogP contribution in [-0.2, 0) is 16.1 Å². The van der Waals surface area contributed by atoms with Crippen molar-refractivity contribution in [2.75, 3.05) is 64.7 Å². The highest BCUT2D eigenvalue weighted by Crippen LogP contribution is 2.28. The van der Waals surface area contributed by atoms with Crippen LogP contribution in [0.4, 0.5) is 10.5 Å². The Hall–Kier alpha value is -4.15. The minimum absolute atomic E-state index is 0.0293. The van der Waals surface area contributed by atoms with Gasteiger partial charge in [0.15, 0.2) is 0 Å². The van der Waals surface area contributed by atoms with Crippen LogP contribution in [0.3, 0.4) is 0 Å². The van der Waals surface area contributed by atoms with Gasteiger partial charge in [-0.15, -0.1) is 0 Å². The number of piperazine rings is 1. The molecule has 0 aliphatic carbocycles. The molecular weight excluding hydrogens is 544 g/mol. The molecule has 5 rings (SSSR count). The van der Waals surface area contributed by atoms with Crippen LogP contribution in [0, 0.1) is 0 Å². The molecule has 43 heavy (non-hydrogen) atoms. The molecule has 0 bridgehead atoms. The number of ether oxygens (including phenoxy) is 1. The first-order valence-corrected chi connectivity index (χ1v) is 15.1. The quantitative estimate of drug-likeness (QED) is 0.391. The molecule has 2 saturated heterocycles. The number of anilines is 1. The Morgan fingerprint density at radius 2 is 1.58 bits per heavy atom. The molecule has 0 saturated carbocycles. The highest BCUT2D eigenvalue weighted by molar-refractivity contribution is 5.92. The maximum Gasteiger partial charge on any atom is 0.411 e. The Morgan fingerprint density at radius 1 is 0.884 bits per heavy atom. The van der Waals surface area contributed by atoms with Gasteiger partial charge in [-0.25, -0.2) is 4.79 Å². The lowest BCUT2D eigenvalue weighted by Crippen LogP contribution is -2.47. The van der Waals surface area contributed by atoms with E-state index in [4.69, 9.17) is 4.74 Å². The van der Waals surface area contributed by atoms with Crippen LogP contribution >= 0.6 is 0 Å². The molecule has 0 radical (unpaired) electrons. The number of para-hydroxylation sites is 1. The number of carbonyl (C=O) groups is 3. The van der Waals surface area contributed by atoms with Gasteiger partial charge in [-0.05, 0) is 36.6 Å². The fourth-order valence-corrected chi connectivity index (χ4v) is 5.72. The van der Waals surface area contributed by atoms with E-state index in [9.17, 15) is 14.4 Å². The minimum atomic E-state index is -0.434. The highest BCUT2D eigenvalue weighted by Gasteiger charge is 2.24. The molecule has 3 amide bonds. The van der Waals surface area contributed by atoms with Crippen LogP contribution in [0.2, 0.25) is 0 Å². The van der Waals surface area contributed by atoms with Gasteiger partial charge in [0.25, 0.3) is 5.91 Å². The van der Waals surface area contributed by atoms with E-state index in [0.29, 0.717) is 12.2 Å². The third-order valence-corrected chi connectivity index (χ3v) is 8.34. The molecule has 228 valence electrons. The van der Waals surface area contributed by atoms with E-state index >= 15 is 0 Å². The topological polar surface area (TPSA) is 101 Å². The van der Waals surface area contributed by atoms with Crippen molar-refractivity contribution < 1.29 is 19.1 Å². The Bertz CT molecular complexity index is 1380. The first-order chi connectivity index (χ1) is 20.9. The van der Waals surface area contributed by atoms with Crippen LogP contribution < -0.4 is 5.32 Å². The lowest BCUT2D eigenvalue weighted by molar-refractivity contribution is -0.130. The van der Waals surface area contributed by atoms with Gasteiger partial charge in [-0.3, -0.25) is 19.8 Å². The SMILES string of the molecule is CC(=O)N1CCN(Cc2ccc(C(=O)N(C)CCN3CCC(OC(=O)Nc4ccccc4-c4ccccc4)CC3)[nH]2)CC1. The van der Waals surface area contributed by atoms with Gasteiger partial charge >= 0.3 is 6.09 Å². The van der Waals surface area contributed by atoms with E-state index in [2.05, 4.69) is 20.1 Å². The van der Waals surface area contributed by atoms with Crippen LogP contribution in [0.25, 0.3) is 11.1 Å². The predicted octanol–water partition coefficient (Wildman–Crippen LogP) is 4.13. The maximum absolute atomic E-state index is 13.0. The summed E-state index contributed by atoms with van der Waals surface area (Å²) in [5, 5.41) is 2.93. The third kappa shape index (κ3) is 8.24. The Morgan fingerprint density at radius 3 is 2.30 bits per heavy atom. The summed E-state index contributed by atoms with van der Waals surface area (Å²) in [5.74, 6) is 0.0931. The first kappa shape index (κ1) is 30.3. The number of aromatic amines is 1. The molecule has 2 aromatic carbocycles. The maximum atomic E-state index is 13.0. The molecule has 2 aliphatic rings. The van der Waals surface area contributed by atoms with Gasteiger partial charge in [-0.2, -0.15) is 0 Å². The van der Waals surface area contributed by atoms with Gasteiger partial charge in [0.1, 0.15) is 11.8 Å². The molecule has 2 fully saturated rings. The highest BCUT2D eigenvalue weighted by atomic mass is 16.6. The van der Waals surface area contributed by atoms with Crippen molar-refractivity contribution in [2.45, 2.75) is 32.4 Å². The van der Waals surface area contributed by atoms with Crippen molar-refractivity contribution in [2.24, 2.45) is 0 Å². The average molecular weight is 587 g/mol. The van der Waals surface area contributed by atoms with Gasteiger partial charge in [0, 0.05) is 84.1 Å².